The number of rotatable bonds is 15. The van der Waals surface area contributed by atoms with Crippen LogP contribution in [0.1, 0.15) is 33.1 Å². The predicted octanol–water partition coefficient (Wildman–Crippen LogP) is -4.06. The first-order valence-electron chi connectivity index (χ1n) is 10.1. The van der Waals surface area contributed by atoms with Gasteiger partial charge < -0.3 is 48.5 Å². The minimum absolute atomic E-state index is 0.0655. The number of carboxylic acid groups (broad SMARTS) is 1. The average Bonchev–Trinajstić information content (AvgIpc) is 2.71. The number of guanidine groups is 1. The second-order valence-electron chi connectivity index (χ2n) is 7.57. The third-order valence-electron chi connectivity index (χ3n) is 4.26. The monoisotopic (exact) mass is 461 g/mol. The summed E-state index contributed by atoms with van der Waals surface area (Å²) in [6, 6.07) is -5.07. The van der Waals surface area contributed by atoms with Gasteiger partial charge in [0.2, 0.25) is 17.7 Å². The molecule has 32 heavy (non-hydrogen) atoms. The lowest BCUT2D eigenvalue weighted by Crippen LogP contribution is -2.58. The molecule has 14 nitrogen and oxygen atoms in total. The molecule has 0 aromatic rings. The molecule has 4 atom stereocenters. The van der Waals surface area contributed by atoms with Crippen LogP contribution in [0.3, 0.4) is 0 Å². The topological polar surface area (TPSA) is 255 Å². The lowest BCUT2D eigenvalue weighted by atomic mass is 10.0. The van der Waals surface area contributed by atoms with Crippen molar-refractivity contribution in [3.05, 3.63) is 0 Å². The first-order valence-corrected chi connectivity index (χ1v) is 10.1. The van der Waals surface area contributed by atoms with Gasteiger partial charge in [-0.3, -0.25) is 19.4 Å². The van der Waals surface area contributed by atoms with E-state index in [1.165, 1.54) is 0 Å². The number of carbonyl (C=O) groups excluding carboxylic acids is 3. The molecule has 0 radical (unpaired) electrons. The summed E-state index contributed by atoms with van der Waals surface area (Å²) in [4.78, 5) is 52.0. The van der Waals surface area contributed by atoms with Gasteiger partial charge in [0.05, 0.1) is 19.3 Å². The molecule has 0 bridgehead atoms. The van der Waals surface area contributed by atoms with Crippen LogP contribution in [0.4, 0.5) is 0 Å². The summed E-state index contributed by atoms with van der Waals surface area (Å²) in [7, 11) is 0. The van der Waals surface area contributed by atoms with Crippen LogP contribution in [0.25, 0.3) is 0 Å². The number of aliphatic hydroxyl groups excluding tert-OH is 2. The van der Waals surface area contributed by atoms with Crippen LogP contribution in [0.15, 0.2) is 4.99 Å². The Hall–Kier alpha value is -2.97. The summed E-state index contributed by atoms with van der Waals surface area (Å²) in [6.07, 6.45) is 0.777. The number of nitrogens with one attached hydrogen (secondary N) is 3. The maximum atomic E-state index is 12.5. The van der Waals surface area contributed by atoms with Gasteiger partial charge >= 0.3 is 5.97 Å². The van der Waals surface area contributed by atoms with Crippen LogP contribution < -0.4 is 33.2 Å². The predicted molar refractivity (Wildman–Crippen MR) is 115 cm³/mol. The van der Waals surface area contributed by atoms with E-state index in [1.54, 1.807) is 13.8 Å². The van der Waals surface area contributed by atoms with Gasteiger partial charge in [-0.2, -0.15) is 0 Å². The van der Waals surface area contributed by atoms with E-state index in [1.807, 2.05) is 0 Å². The molecule has 0 saturated carbocycles. The summed E-state index contributed by atoms with van der Waals surface area (Å²) in [5, 5.41) is 34.4. The van der Waals surface area contributed by atoms with Crippen LogP contribution in [0, 0.1) is 5.92 Å². The number of carboxylic acids is 1. The number of hydrogen-bond acceptors (Lipinski definition) is 8. The van der Waals surface area contributed by atoms with E-state index in [9.17, 15) is 24.3 Å². The summed E-state index contributed by atoms with van der Waals surface area (Å²) >= 11 is 0. The molecule has 3 amide bonds. The summed E-state index contributed by atoms with van der Waals surface area (Å²) in [6.45, 7) is 2.23. The minimum atomic E-state index is -1.54. The number of aliphatic hydroxyl groups is 2. The zero-order chi connectivity index (χ0) is 24.8. The fourth-order valence-corrected chi connectivity index (χ4v) is 2.56. The van der Waals surface area contributed by atoms with E-state index >= 15 is 0 Å². The molecule has 0 saturated heterocycles. The van der Waals surface area contributed by atoms with Crippen molar-refractivity contribution in [1.82, 2.24) is 16.0 Å². The molecule has 14 heteroatoms. The van der Waals surface area contributed by atoms with Crippen molar-refractivity contribution < 1.29 is 34.5 Å². The van der Waals surface area contributed by atoms with Crippen molar-refractivity contribution >= 4 is 29.7 Å². The Morgan fingerprint density at radius 2 is 1.38 bits per heavy atom. The molecule has 0 aromatic heterocycles. The molecule has 0 fully saturated rings. The standard InChI is InChI=1S/C18H35N7O7/c1-9(2)6-11(15(29)25-13(8-27)17(31)32)23-16(30)12(7-26)24-14(28)10(19)4-3-5-22-18(20)21/h9-13,26-27H,3-8,19H2,1-2H3,(H,23,30)(H,24,28)(H,25,29)(H,31,32)(H4,20,21,22). The second-order valence-corrected chi connectivity index (χ2v) is 7.57. The molecular weight excluding hydrogens is 426 g/mol. The molecule has 0 aliphatic carbocycles. The van der Waals surface area contributed by atoms with Crippen molar-refractivity contribution in [3.8, 4) is 0 Å². The lowest BCUT2D eigenvalue weighted by molar-refractivity contribution is -0.143. The van der Waals surface area contributed by atoms with Gasteiger partial charge in [0.25, 0.3) is 0 Å². The summed E-state index contributed by atoms with van der Waals surface area (Å²) in [5.41, 5.74) is 16.2. The fourth-order valence-electron chi connectivity index (χ4n) is 2.56. The first-order chi connectivity index (χ1) is 14.9. The van der Waals surface area contributed by atoms with Crippen molar-refractivity contribution in [2.24, 2.45) is 28.1 Å². The molecular formula is C18H35N7O7. The quantitative estimate of drug-likeness (QED) is 0.0647. The van der Waals surface area contributed by atoms with Gasteiger partial charge in [0, 0.05) is 6.54 Å². The highest BCUT2D eigenvalue weighted by Gasteiger charge is 2.30. The van der Waals surface area contributed by atoms with Crippen molar-refractivity contribution in [3.63, 3.8) is 0 Å². The van der Waals surface area contributed by atoms with E-state index in [0.29, 0.717) is 6.42 Å². The van der Waals surface area contributed by atoms with Gasteiger partial charge in [-0.1, -0.05) is 13.8 Å². The molecule has 12 N–H and O–H groups in total. The smallest absolute Gasteiger partial charge is 0.328 e. The van der Waals surface area contributed by atoms with Crippen molar-refractivity contribution in [2.75, 3.05) is 19.8 Å². The van der Waals surface area contributed by atoms with Crippen LogP contribution >= 0.6 is 0 Å². The molecule has 0 aliphatic heterocycles. The highest BCUT2D eigenvalue weighted by atomic mass is 16.4. The van der Waals surface area contributed by atoms with Crippen molar-refractivity contribution in [1.29, 1.82) is 0 Å². The average molecular weight is 462 g/mol. The molecule has 0 aliphatic rings. The molecule has 0 aromatic carbocycles. The number of nitrogens with zero attached hydrogens (tertiary/aromatic N) is 1. The zero-order valence-electron chi connectivity index (χ0n) is 18.3. The molecule has 4 unspecified atom stereocenters. The third kappa shape index (κ3) is 11.4. The van der Waals surface area contributed by atoms with E-state index < -0.39 is 61.1 Å². The maximum Gasteiger partial charge on any atom is 0.328 e. The van der Waals surface area contributed by atoms with Crippen LogP contribution in [-0.2, 0) is 19.2 Å². The highest BCUT2D eigenvalue weighted by molar-refractivity contribution is 5.94. The Kier molecular flexibility index (Phi) is 13.5. The fraction of sp³-hybridized carbons (Fsp3) is 0.722. The molecule has 0 rings (SSSR count). The van der Waals surface area contributed by atoms with E-state index in [-0.39, 0.29) is 31.3 Å². The number of aliphatic imine (C=N–C) groups is 1. The van der Waals surface area contributed by atoms with Crippen LogP contribution in [0.2, 0.25) is 0 Å². The van der Waals surface area contributed by atoms with E-state index in [0.717, 1.165) is 0 Å². The number of nitrogens with two attached hydrogens (primary N) is 3. The van der Waals surface area contributed by atoms with Gasteiger partial charge in [-0.25, -0.2) is 4.79 Å². The Morgan fingerprint density at radius 1 is 0.875 bits per heavy atom. The zero-order valence-corrected chi connectivity index (χ0v) is 18.3. The van der Waals surface area contributed by atoms with E-state index in [2.05, 4.69) is 20.9 Å². The SMILES string of the molecule is CC(C)CC(NC(=O)C(CO)NC(=O)C(N)CCCN=C(N)N)C(=O)NC(CO)C(=O)O. The maximum absolute atomic E-state index is 12.5. The lowest BCUT2D eigenvalue weighted by Gasteiger charge is -2.25. The van der Waals surface area contributed by atoms with Crippen LogP contribution in [0.5, 0.6) is 0 Å². The van der Waals surface area contributed by atoms with Gasteiger partial charge in [-0.05, 0) is 25.2 Å². The number of aliphatic carboxylic acids is 1. The Bertz CT molecular complexity index is 668. The number of hydrogen-bond donors (Lipinski definition) is 9. The first kappa shape index (κ1) is 29.0. The summed E-state index contributed by atoms with van der Waals surface area (Å²) in [5.74, 6) is -3.97. The van der Waals surface area contributed by atoms with Gasteiger partial charge in [0.15, 0.2) is 5.96 Å². The molecule has 184 valence electrons. The Morgan fingerprint density at radius 3 is 1.84 bits per heavy atom. The minimum Gasteiger partial charge on any atom is -0.480 e. The summed E-state index contributed by atoms with van der Waals surface area (Å²) < 4.78 is 0. The normalized spacial score (nSPS) is 14.6. The van der Waals surface area contributed by atoms with Crippen molar-refractivity contribution in [2.45, 2.75) is 57.3 Å². The van der Waals surface area contributed by atoms with Gasteiger partial charge in [0.1, 0.15) is 18.1 Å². The van der Waals surface area contributed by atoms with E-state index in [4.69, 9.17) is 27.4 Å². The Labute approximate surface area is 186 Å². The van der Waals surface area contributed by atoms with Crippen LogP contribution in [-0.4, -0.2) is 88.9 Å². The third-order valence-corrected chi connectivity index (χ3v) is 4.26. The number of amides is 3. The second kappa shape index (κ2) is 14.9. The molecule has 0 spiro atoms. The van der Waals surface area contributed by atoms with Gasteiger partial charge in [-0.15, -0.1) is 0 Å². The Balaban J connectivity index is 5.03. The molecule has 0 heterocycles. The highest BCUT2D eigenvalue weighted by Crippen LogP contribution is 2.06. The largest absolute Gasteiger partial charge is 0.480 e. The number of carbonyl (C=O) groups is 4.